The van der Waals surface area contributed by atoms with E-state index in [0.717, 1.165) is 12.0 Å². The van der Waals surface area contributed by atoms with E-state index in [4.69, 9.17) is 4.74 Å². The number of halogens is 1. The minimum absolute atomic E-state index is 0.103. The van der Waals surface area contributed by atoms with Gasteiger partial charge in [0.25, 0.3) is 0 Å². The van der Waals surface area contributed by atoms with Crippen LogP contribution in [0.4, 0.5) is 4.39 Å². The molecule has 7 atom stereocenters. The number of rotatable bonds is 1. The predicted octanol–water partition coefficient (Wildman–Crippen LogP) is 6.47. The van der Waals surface area contributed by atoms with Crippen LogP contribution < -0.4 is 0 Å². The number of methoxy groups -OCH3 is 1. The van der Waals surface area contributed by atoms with Crippen molar-refractivity contribution in [3.63, 3.8) is 0 Å². The number of ether oxygens (including phenoxy) is 1. The lowest BCUT2D eigenvalue weighted by atomic mass is 9.33. The average Bonchev–Trinajstić information content (AvgIpc) is 2.85. The Bertz CT molecular complexity index is 1250. The molecule has 0 bridgehead atoms. The van der Waals surface area contributed by atoms with Crippen LogP contribution in [0.2, 0.25) is 0 Å². The fraction of sp³-hybridized carbons (Fsp3) is 0.750. The van der Waals surface area contributed by atoms with Crippen molar-refractivity contribution in [2.24, 2.45) is 44.3 Å². The zero-order chi connectivity index (χ0) is 28.3. The van der Waals surface area contributed by atoms with Gasteiger partial charge in [0.05, 0.1) is 18.1 Å². The summed E-state index contributed by atoms with van der Waals surface area (Å²) in [6.45, 7) is 14.0. The molecule has 0 unspecified atom stereocenters. The van der Waals surface area contributed by atoms with E-state index in [1.54, 1.807) is 6.08 Å². The number of nitriles is 1. The molecule has 5 aliphatic rings. The van der Waals surface area contributed by atoms with Gasteiger partial charge in [-0.25, -0.2) is 4.39 Å². The first kappa shape index (κ1) is 27.3. The van der Waals surface area contributed by atoms with E-state index in [9.17, 15) is 19.6 Å². The van der Waals surface area contributed by atoms with Crippen LogP contribution in [0, 0.1) is 55.7 Å². The van der Waals surface area contributed by atoms with Crippen molar-refractivity contribution in [3.05, 3.63) is 23.3 Å². The SMILES string of the molecule is COC(=O)[C@]12CCC(C)(C)C[C@H]1[C@@]1(F)C(=O)C=C3[C@@]4(C)C=C(C#N)C(=O)C(C)(C)[C@@H]4CC[C@@]3(C)[C@]1(C)CC2. The molecule has 0 aliphatic heterocycles. The number of esters is 1. The zero-order valence-corrected chi connectivity index (χ0v) is 24.2. The summed E-state index contributed by atoms with van der Waals surface area (Å²) in [5.41, 5.74) is -5.69. The molecule has 0 spiro atoms. The average molecular weight is 524 g/mol. The molecule has 0 radical (unpaired) electrons. The molecule has 6 heteroatoms. The summed E-state index contributed by atoms with van der Waals surface area (Å²) in [7, 11) is 1.36. The van der Waals surface area contributed by atoms with Gasteiger partial charge in [-0.05, 0) is 73.3 Å². The van der Waals surface area contributed by atoms with Gasteiger partial charge >= 0.3 is 5.97 Å². The quantitative estimate of drug-likeness (QED) is 0.368. The monoisotopic (exact) mass is 523 g/mol. The highest BCUT2D eigenvalue weighted by molar-refractivity contribution is 6.05. The summed E-state index contributed by atoms with van der Waals surface area (Å²) in [5, 5.41) is 9.84. The Labute approximate surface area is 226 Å². The Balaban J connectivity index is 1.75. The highest BCUT2D eigenvalue weighted by Gasteiger charge is 2.78. The van der Waals surface area contributed by atoms with E-state index in [1.165, 1.54) is 13.2 Å². The second-order valence-electron chi connectivity index (χ2n) is 15.0. The van der Waals surface area contributed by atoms with Crippen molar-refractivity contribution < 1.29 is 23.5 Å². The summed E-state index contributed by atoms with van der Waals surface area (Å²) in [6, 6.07) is 2.10. The van der Waals surface area contributed by atoms with Gasteiger partial charge in [-0.3, -0.25) is 14.4 Å². The Kier molecular flexibility index (Phi) is 5.51. The number of hydrogen-bond acceptors (Lipinski definition) is 5. The lowest BCUT2D eigenvalue weighted by Gasteiger charge is -2.70. The Hall–Kier alpha value is -2.29. The van der Waals surface area contributed by atoms with Crippen LogP contribution >= 0.6 is 0 Å². The number of ketones is 2. The zero-order valence-electron chi connectivity index (χ0n) is 24.2. The Morgan fingerprint density at radius 3 is 2.24 bits per heavy atom. The second-order valence-corrected chi connectivity index (χ2v) is 15.0. The number of alkyl halides is 1. The van der Waals surface area contributed by atoms with Crippen molar-refractivity contribution in [2.45, 2.75) is 99.1 Å². The van der Waals surface area contributed by atoms with Gasteiger partial charge < -0.3 is 4.74 Å². The Morgan fingerprint density at radius 2 is 1.63 bits per heavy atom. The Morgan fingerprint density at radius 1 is 1.00 bits per heavy atom. The molecule has 206 valence electrons. The fourth-order valence-corrected chi connectivity index (χ4v) is 10.1. The molecule has 0 saturated heterocycles. The summed E-state index contributed by atoms with van der Waals surface area (Å²) >= 11 is 0. The number of allylic oxidation sites excluding steroid dienone is 4. The highest BCUT2D eigenvalue weighted by Crippen LogP contribution is 2.76. The number of Topliss-reactive ketones (excluding diaryl/α,β-unsaturated/α-hetero) is 1. The van der Waals surface area contributed by atoms with Crippen molar-refractivity contribution in [2.75, 3.05) is 7.11 Å². The van der Waals surface area contributed by atoms with Crippen LogP contribution in [-0.2, 0) is 19.1 Å². The molecule has 38 heavy (non-hydrogen) atoms. The molecule has 5 nitrogen and oxygen atoms in total. The first-order valence-corrected chi connectivity index (χ1v) is 14.1. The molecule has 3 fully saturated rings. The van der Waals surface area contributed by atoms with Crippen molar-refractivity contribution in [1.29, 1.82) is 5.26 Å². The minimum atomic E-state index is -2.22. The number of fused-ring (bicyclic) bond motifs is 7. The van der Waals surface area contributed by atoms with Crippen molar-refractivity contribution in [1.82, 2.24) is 0 Å². The van der Waals surface area contributed by atoms with E-state index < -0.39 is 50.4 Å². The van der Waals surface area contributed by atoms with Gasteiger partial charge in [-0.2, -0.15) is 5.26 Å². The molecule has 0 amide bonds. The van der Waals surface area contributed by atoms with Gasteiger partial charge in [0.2, 0.25) is 0 Å². The molecule has 5 rings (SSSR count). The van der Waals surface area contributed by atoms with E-state index >= 15 is 4.39 Å². The molecule has 0 aromatic heterocycles. The lowest BCUT2D eigenvalue weighted by Crippen LogP contribution is -2.73. The molecular weight excluding hydrogens is 481 g/mol. The maximum absolute atomic E-state index is 18.2. The number of carbonyl (C=O) groups excluding carboxylic acids is 3. The van der Waals surface area contributed by atoms with E-state index in [-0.39, 0.29) is 22.7 Å². The van der Waals surface area contributed by atoms with Crippen molar-refractivity contribution in [3.8, 4) is 6.07 Å². The number of carbonyl (C=O) groups is 3. The van der Waals surface area contributed by atoms with E-state index in [2.05, 4.69) is 26.8 Å². The third-order valence-corrected chi connectivity index (χ3v) is 12.6. The maximum atomic E-state index is 18.2. The van der Waals surface area contributed by atoms with E-state index in [0.29, 0.717) is 38.5 Å². The van der Waals surface area contributed by atoms with Crippen LogP contribution in [0.5, 0.6) is 0 Å². The van der Waals surface area contributed by atoms with Crippen LogP contribution in [0.25, 0.3) is 0 Å². The van der Waals surface area contributed by atoms with Crippen LogP contribution in [-0.4, -0.2) is 30.3 Å². The smallest absolute Gasteiger partial charge is 0.312 e. The summed E-state index contributed by atoms with van der Waals surface area (Å²) < 4.78 is 23.5. The largest absolute Gasteiger partial charge is 0.469 e. The van der Waals surface area contributed by atoms with Crippen LogP contribution in [0.1, 0.15) is 93.4 Å². The third-order valence-electron chi connectivity index (χ3n) is 12.6. The molecule has 5 aliphatic carbocycles. The molecule has 0 N–H and O–H groups in total. The molecule has 0 aromatic carbocycles. The first-order valence-electron chi connectivity index (χ1n) is 14.1. The van der Waals surface area contributed by atoms with Gasteiger partial charge in [0.1, 0.15) is 6.07 Å². The highest BCUT2D eigenvalue weighted by atomic mass is 19.1. The lowest BCUT2D eigenvalue weighted by molar-refractivity contribution is -0.224. The summed E-state index contributed by atoms with van der Waals surface area (Å²) in [4.78, 5) is 40.8. The normalized spacial score (nSPS) is 46.7. The number of hydrogen-bond donors (Lipinski definition) is 0. The first-order chi connectivity index (χ1) is 17.4. The third kappa shape index (κ3) is 2.89. The molecular formula is C32H42FNO4. The van der Waals surface area contributed by atoms with Gasteiger partial charge in [-0.1, -0.05) is 54.5 Å². The van der Waals surface area contributed by atoms with Crippen LogP contribution in [0.15, 0.2) is 23.3 Å². The minimum Gasteiger partial charge on any atom is -0.469 e. The molecule has 0 heterocycles. The van der Waals surface area contributed by atoms with Gasteiger partial charge in [-0.15, -0.1) is 0 Å². The van der Waals surface area contributed by atoms with Gasteiger partial charge in [0.15, 0.2) is 17.2 Å². The maximum Gasteiger partial charge on any atom is 0.312 e. The summed E-state index contributed by atoms with van der Waals surface area (Å²) in [6.07, 6.45) is 7.25. The second kappa shape index (κ2) is 7.67. The van der Waals surface area contributed by atoms with E-state index in [1.807, 2.05) is 27.7 Å². The topological polar surface area (TPSA) is 84.2 Å². The predicted molar refractivity (Wildman–Crippen MR) is 141 cm³/mol. The summed E-state index contributed by atoms with van der Waals surface area (Å²) in [5.74, 6) is -1.99. The fourth-order valence-electron chi connectivity index (χ4n) is 10.1. The standard InChI is InChI=1S/C32H42FNO4/c1-26(2)11-13-31(25(37)38-8)14-12-30(7)29(6)10-9-20-27(3,4)24(36)19(18-34)16-28(20,5)21(29)15-23(35)32(30,33)22(31)17-26/h15-16,20,22H,9-14,17H2,1-8H3/t20-,22+,28-,29+,30-,31-,32+/m0/s1. The molecule has 0 aromatic rings. The van der Waals surface area contributed by atoms with Crippen molar-refractivity contribution >= 4 is 17.5 Å². The number of nitrogens with zero attached hydrogens (tertiary/aromatic N) is 1. The molecule has 3 saturated carbocycles. The van der Waals surface area contributed by atoms with Gasteiger partial charge in [0, 0.05) is 22.2 Å². The van der Waals surface area contributed by atoms with Crippen LogP contribution in [0.3, 0.4) is 0 Å².